The summed E-state index contributed by atoms with van der Waals surface area (Å²) in [4.78, 5) is 31.7. The summed E-state index contributed by atoms with van der Waals surface area (Å²) < 4.78 is 5.45. The summed E-state index contributed by atoms with van der Waals surface area (Å²) in [6, 6.07) is 7.24. The summed E-state index contributed by atoms with van der Waals surface area (Å²) in [5.41, 5.74) is 4.58. The zero-order valence-electron chi connectivity index (χ0n) is 22.1. The molecule has 0 aliphatic carbocycles. The van der Waals surface area contributed by atoms with Crippen molar-refractivity contribution in [2.45, 2.75) is 46.2 Å². The van der Waals surface area contributed by atoms with E-state index in [1.165, 1.54) is 6.07 Å². The van der Waals surface area contributed by atoms with Crippen LogP contribution in [-0.4, -0.2) is 61.5 Å². The molecule has 2 aromatic carbocycles. The number of hydrogen-bond donors (Lipinski definition) is 1. The molecular formula is C28H37N3O4. The summed E-state index contributed by atoms with van der Waals surface area (Å²) in [6.45, 7) is 9.54. The van der Waals surface area contributed by atoms with Crippen molar-refractivity contribution in [1.29, 1.82) is 0 Å². The van der Waals surface area contributed by atoms with Gasteiger partial charge < -0.3 is 24.5 Å². The molecule has 0 radical (unpaired) electrons. The van der Waals surface area contributed by atoms with E-state index in [4.69, 9.17) is 4.74 Å². The van der Waals surface area contributed by atoms with Gasteiger partial charge in [0.05, 0.1) is 18.4 Å². The molecule has 2 aromatic rings. The molecule has 2 amide bonds. The maximum atomic E-state index is 13.5. The number of phenols is 1. The Morgan fingerprint density at radius 3 is 2.43 bits per heavy atom. The maximum Gasteiger partial charge on any atom is 0.258 e. The van der Waals surface area contributed by atoms with E-state index in [-0.39, 0.29) is 28.5 Å². The first-order valence-corrected chi connectivity index (χ1v) is 11.8. The van der Waals surface area contributed by atoms with Crippen LogP contribution in [-0.2, 0) is 23.3 Å². The summed E-state index contributed by atoms with van der Waals surface area (Å²) in [7, 11) is 7.22. The zero-order valence-corrected chi connectivity index (χ0v) is 22.1. The molecule has 188 valence electrons. The Bertz CT molecular complexity index is 1160. The van der Waals surface area contributed by atoms with Crippen LogP contribution in [0.15, 0.2) is 36.4 Å². The summed E-state index contributed by atoms with van der Waals surface area (Å²) in [5.74, 6) is 0.0771. The fourth-order valence-corrected chi connectivity index (χ4v) is 4.43. The molecule has 7 heteroatoms. The van der Waals surface area contributed by atoms with Crippen molar-refractivity contribution < 1.29 is 19.4 Å². The molecule has 0 saturated carbocycles. The molecule has 0 bridgehead atoms. The van der Waals surface area contributed by atoms with Crippen LogP contribution in [0, 0.1) is 6.92 Å². The molecule has 0 saturated heterocycles. The number of anilines is 1. The molecule has 1 N–H and O–H groups in total. The largest absolute Gasteiger partial charge is 0.507 e. The number of amides is 2. The van der Waals surface area contributed by atoms with E-state index in [0.29, 0.717) is 25.4 Å². The first kappa shape index (κ1) is 26.3. The number of carbonyl (C=O) groups is 2. The minimum atomic E-state index is -0.268. The van der Waals surface area contributed by atoms with E-state index in [2.05, 4.69) is 0 Å². The van der Waals surface area contributed by atoms with Crippen LogP contribution < -0.4 is 9.64 Å². The SMILES string of the molecule is COc1cc(O)c(C(=O)N2Cc3ccc(C)c(N(C)C(=O)/C=C/CN(C)C)c3C2)cc1C(C)(C)C. The van der Waals surface area contributed by atoms with E-state index in [0.717, 1.165) is 27.9 Å². The van der Waals surface area contributed by atoms with E-state index in [1.807, 2.05) is 64.9 Å². The average Bonchev–Trinajstić information content (AvgIpc) is 3.21. The zero-order chi connectivity index (χ0) is 26.1. The Hall–Kier alpha value is -3.32. The Morgan fingerprint density at radius 2 is 1.83 bits per heavy atom. The lowest BCUT2D eigenvalue weighted by molar-refractivity contribution is -0.113. The Labute approximate surface area is 208 Å². The molecular weight excluding hydrogens is 442 g/mol. The van der Waals surface area contributed by atoms with Gasteiger partial charge in [0.25, 0.3) is 5.91 Å². The molecule has 1 aliphatic heterocycles. The van der Waals surface area contributed by atoms with Crippen molar-refractivity contribution in [1.82, 2.24) is 9.80 Å². The lowest BCUT2D eigenvalue weighted by atomic mass is 9.85. The number of fused-ring (bicyclic) bond motifs is 1. The third-order valence-corrected chi connectivity index (χ3v) is 6.33. The topological polar surface area (TPSA) is 73.3 Å². The molecule has 0 fully saturated rings. The molecule has 0 atom stereocenters. The van der Waals surface area contributed by atoms with Crippen LogP contribution in [0.5, 0.6) is 11.5 Å². The standard InChI is InChI=1S/C28H37N3O4/c1-18-11-12-19-16-31(17-21(19)26(18)30(7)25(33)10-9-13-29(5)6)27(34)20-14-22(28(2,3)4)24(35-8)15-23(20)32/h9-12,14-15,32H,13,16-17H2,1-8H3/b10-9+. The second-order valence-electron chi connectivity index (χ2n) is 10.4. The molecule has 1 aliphatic rings. The number of hydrogen-bond acceptors (Lipinski definition) is 5. The highest BCUT2D eigenvalue weighted by Gasteiger charge is 2.31. The number of aryl methyl sites for hydroxylation is 1. The molecule has 35 heavy (non-hydrogen) atoms. The second-order valence-corrected chi connectivity index (χ2v) is 10.4. The van der Waals surface area contributed by atoms with Crippen molar-refractivity contribution in [3.05, 3.63) is 64.2 Å². The minimum absolute atomic E-state index is 0.106. The number of ether oxygens (including phenoxy) is 1. The fraction of sp³-hybridized carbons (Fsp3) is 0.429. The molecule has 7 nitrogen and oxygen atoms in total. The Balaban J connectivity index is 1.92. The molecule has 0 aromatic heterocycles. The van der Waals surface area contributed by atoms with Gasteiger partial charge in [-0.1, -0.05) is 39.0 Å². The lowest BCUT2D eigenvalue weighted by Crippen LogP contribution is -2.28. The Kier molecular flexibility index (Phi) is 7.60. The maximum absolute atomic E-state index is 13.5. The van der Waals surface area contributed by atoms with Gasteiger partial charge in [-0.15, -0.1) is 0 Å². The number of rotatable bonds is 6. The first-order chi connectivity index (χ1) is 16.3. The van der Waals surface area contributed by atoms with Crippen molar-refractivity contribution in [3.8, 4) is 11.5 Å². The molecule has 0 spiro atoms. The van der Waals surface area contributed by atoms with Crippen molar-refractivity contribution >= 4 is 17.5 Å². The van der Waals surface area contributed by atoms with Crippen LogP contribution in [0.4, 0.5) is 5.69 Å². The van der Waals surface area contributed by atoms with Crippen molar-refractivity contribution in [3.63, 3.8) is 0 Å². The van der Waals surface area contributed by atoms with E-state index >= 15 is 0 Å². The van der Waals surface area contributed by atoms with E-state index < -0.39 is 0 Å². The minimum Gasteiger partial charge on any atom is -0.507 e. The van der Waals surface area contributed by atoms with Crippen LogP contribution >= 0.6 is 0 Å². The van der Waals surface area contributed by atoms with E-state index in [9.17, 15) is 14.7 Å². The van der Waals surface area contributed by atoms with Gasteiger partial charge in [-0.25, -0.2) is 0 Å². The van der Waals surface area contributed by atoms with Gasteiger partial charge in [0.1, 0.15) is 11.5 Å². The van der Waals surface area contributed by atoms with E-state index in [1.54, 1.807) is 36.1 Å². The summed E-state index contributed by atoms with van der Waals surface area (Å²) in [5, 5.41) is 10.7. The van der Waals surface area contributed by atoms with Gasteiger partial charge in [-0.2, -0.15) is 0 Å². The van der Waals surface area contributed by atoms with Gasteiger partial charge in [0.15, 0.2) is 0 Å². The van der Waals surface area contributed by atoms with Gasteiger partial charge in [-0.3, -0.25) is 9.59 Å². The normalized spacial score (nSPS) is 13.5. The van der Waals surface area contributed by atoms with Crippen LogP contribution in [0.2, 0.25) is 0 Å². The number of phenolic OH excluding ortho intramolecular Hbond substituents is 1. The van der Waals surface area contributed by atoms with Crippen LogP contribution in [0.3, 0.4) is 0 Å². The molecule has 3 rings (SSSR count). The van der Waals surface area contributed by atoms with Crippen LogP contribution in [0.1, 0.15) is 53.4 Å². The number of likely N-dealkylation sites (N-methyl/N-ethyl adjacent to an activating group) is 2. The number of aromatic hydroxyl groups is 1. The number of carbonyl (C=O) groups excluding carboxylic acids is 2. The van der Waals surface area contributed by atoms with Gasteiger partial charge in [-0.05, 0) is 43.6 Å². The lowest BCUT2D eigenvalue weighted by Gasteiger charge is -2.25. The third-order valence-electron chi connectivity index (χ3n) is 6.33. The number of benzene rings is 2. The highest BCUT2D eigenvalue weighted by atomic mass is 16.5. The first-order valence-electron chi connectivity index (χ1n) is 11.8. The third kappa shape index (κ3) is 5.51. The number of methoxy groups -OCH3 is 1. The predicted molar refractivity (Wildman–Crippen MR) is 139 cm³/mol. The predicted octanol–water partition coefficient (Wildman–Crippen LogP) is 4.24. The summed E-state index contributed by atoms with van der Waals surface area (Å²) in [6.07, 6.45) is 3.42. The van der Waals surface area contributed by atoms with Crippen molar-refractivity contribution in [2.24, 2.45) is 0 Å². The van der Waals surface area contributed by atoms with Crippen LogP contribution in [0.25, 0.3) is 0 Å². The average molecular weight is 480 g/mol. The second kappa shape index (κ2) is 10.1. The highest BCUT2D eigenvalue weighted by molar-refractivity contribution is 6.03. The Morgan fingerprint density at radius 1 is 1.14 bits per heavy atom. The van der Waals surface area contributed by atoms with Gasteiger partial charge in [0.2, 0.25) is 5.91 Å². The van der Waals surface area contributed by atoms with Gasteiger partial charge >= 0.3 is 0 Å². The van der Waals surface area contributed by atoms with Gasteiger partial charge in [0, 0.05) is 50.0 Å². The fourth-order valence-electron chi connectivity index (χ4n) is 4.43. The monoisotopic (exact) mass is 479 g/mol. The summed E-state index contributed by atoms with van der Waals surface area (Å²) >= 11 is 0. The van der Waals surface area contributed by atoms with Crippen molar-refractivity contribution in [2.75, 3.05) is 39.7 Å². The smallest absolute Gasteiger partial charge is 0.258 e. The highest BCUT2D eigenvalue weighted by Crippen LogP contribution is 2.39. The number of nitrogens with zero attached hydrogens (tertiary/aromatic N) is 3. The molecule has 1 heterocycles. The molecule has 0 unspecified atom stereocenters. The quantitative estimate of drug-likeness (QED) is 0.628.